The minimum Gasteiger partial charge on any atom is -0.492 e. The third-order valence-electron chi connectivity index (χ3n) is 2.79. The highest BCUT2D eigenvalue weighted by atomic mass is 35.5. The van der Waals surface area contributed by atoms with Gasteiger partial charge in [0.25, 0.3) is 0 Å². The number of nitrogens with one attached hydrogen (secondary N) is 1. The predicted octanol–water partition coefficient (Wildman–Crippen LogP) is 3.45. The van der Waals surface area contributed by atoms with E-state index in [2.05, 4.69) is 12.2 Å². The maximum atomic E-state index is 11.7. The fourth-order valence-electron chi connectivity index (χ4n) is 1.49. The monoisotopic (exact) mass is 299 g/mol. The molecule has 0 aliphatic heterocycles. The summed E-state index contributed by atoms with van der Waals surface area (Å²) < 4.78 is 10.8. The van der Waals surface area contributed by atoms with E-state index in [0.29, 0.717) is 25.5 Å². The molecule has 4 nitrogen and oxygen atoms in total. The Hall–Kier alpha value is -1.26. The summed E-state index contributed by atoms with van der Waals surface area (Å²) >= 11 is 5.54. The first-order chi connectivity index (χ1) is 9.65. The zero-order chi connectivity index (χ0) is 14.8. The van der Waals surface area contributed by atoms with Gasteiger partial charge in [-0.1, -0.05) is 6.92 Å². The van der Waals surface area contributed by atoms with E-state index >= 15 is 0 Å². The van der Waals surface area contributed by atoms with Gasteiger partial charge >= 0.3 is 0 Å². The number of alkyl halides is 1. The molecule has 0 heterocycles. The molecule has 1 amide bonds. The lowest BCUT2D eigenvalue weighted by Gasteiger charge is -2.10. The standard InChI is InChI=1S/C15H22ClNO3/c1-3-12(2)19-10-8-15(18)17-13-4-6-14(7-5-13)20-11-9-16/h4-7,12H,3,8-11H2,1-2H3,(H,17,18). The number of hydrogen-bond acceptors (Lipinski definition) is 3. The van der Waals surface area contributed by atoms with Crippen molar-refractivity contribution >= 4 is 23.2 Å². The van der Waals surface area contributed by atoms with Crippen molar-refractivity contribution in [1.29, 1.82) is 0 Å². The van der Waals surface area contributed by atoms with Gasteiger partial charge in [-0.25, -0.2) is 0 Å². The zero-order valence-electron chi connectivity index (χ0n) is 12.0. The highest BCUT2D eigenvalue weighted by Gasteiger charge is 2.04. The zero-order valence-corrected chi connectivity index (χ0v) is 12.8. The van der Waals surface area contributed by atoms with Crippen molar-refractivity contribution < 1.29 is 14.3 Å². The minimum atomic E-state index is -0.0530. The summed E-state index contributed by atoms with van der Waals surface area (Å²) in [6.07, 6.45) is 1.50. The number of carbonyl (C=O) groups excluding carboxylic acids is 1. The summed E-state index contributed by atoms with van der Waals surface area (Å²) in [6, 6.07) is 7.21. The van der Waals surface area contributed by atoms with Crippen molar-refractivity contribution in [2.75, 3.05) is 24.4 Å². The Balaban J connectivity index is 2.31. The molecule has 1 unspecified atom stereocenters. The van der Waals surface area contributed by atoms with Gasteiger partial charge in [-0.15, -0.1) is 11.6 Å². The van der Waals surface area contributed by atoms with Crippen LogP contribution in [0.2, 0.25) is 0 Å². The third-order valence-corrected chi connectivity index (χ3v) is 2.94. The van der Waals surface area contributed by atoms with Crippen LogP contribution in [-0.4, -0.2) is 31.1 Å². The summed E-state index contributed by atoms with van der Waals surface area (Å²) in [5.74, 6) is 1.14. The molecule has 0 saturated heterocycles. The molecule has 1 aromatic carbocycles. The van der Waals surface area contributed by atoms with E-state index in [4.69, 9.17) is 21.1 Å². The fraction of sp³-hybridized carbons (Fsp3) is 0.533. The molecule has 0 bridgehead atoms. The Bertz CT molecular complexity index is 395. The smallest absolute Gasteiger partial charge is 0.226 e. The highest BCUT2D eigenvalue weighted by Crippen LogP contribution is 2.15. The van der Waals surface area contributed by atoms with E-state index in [-0.39, 0.29) is 12.0 Å². The van der Waals surface area contributed by atoms with E-state index in [1.807, 2.05) is 6.92 Å². The molecule has 0 aliphatic carbocycles. The molecule has 112 valence electrons. The Morgan fingerprint density at radius 1 is 1.30 bits per heavy atom. The number of carbonyl (C=O) groups is 1. The molecule has 0 aliphatic rings. The molecule has 0 radical (unpaired) electrons. The first kappa shape index (κ1) is 16.8. The van der Waals surface area contributed by atoms with Gasteiger partial charge in [0.2, 0.25) is 5.91 Å². The average molecular weight is 300 g/mol. The second-order valence-corrected chi connectivity index (χ2v) is 4.83. The average Bonchev–Trinajstić information content (AvgIpc) is 2.46. The van der Waals surface area contributed by atoms with Crippen LogP contribution in [0.3, 0.4) is 0 Å². The van der Waals surface area contributed by atoms with E-state index in [9.17, 15) is 4.79 Å². The van der Waals surface area contributed by atoms with E-state index in [0.717, 1.165) is 17.9 Å². The molecule has 1 N–H and O–H groups in total. The third kappa shape index (κ3) is 6.78. The minimum absolute atomic E-state index is 0.0530. The Morgan fingerprint density at radius 3 is 2.60 bits per heavy atom. The molecule has 0 spiro atoms. The predicted molar refractivity (Wildman–Crippen MR) is 81.6 cm³/mol. The molecule has 1 rings (SSSR count). The van der Waals surface area contributed by atoms with Crippen LogP contribution in [0.5, 0.6) is 5.75 Å². The number of ether oxygens (including phenoxy) is 2. The van der Waals surface area contributed by atoms with Crippen LogP contribution in [0, 0.1) is 0 Å². The number of rotatable bonds is 9. The summed E-state index contributed by atoms with van der Waals surface area (Å²) in [6.45, 7) is 4.97. The van der Waals surface area contributed by atoms with Gasteiger partial charge in [0, 0.05) is 5.69 Å². The van der Waals surface area contributed by atoms with Crippen LogP contribution in [-0.2, 0) is 9.53 Å². The maximum absolute atomic E-state index is 11.7. The summed E-state index contributed by atoms with van der Waals surface area (Å²) in [7, 11) is 0. The molecule has 0 saturated carbocycles. The van der Waals surface area contributed by atoms with Gasteiger partial charge in [0.1, 0.15) is 12.4 Å². The summed E-state index contributed by atoms with van der Waals surface area (Å²) in [5, 5.41) is 2.82. The van der Waals surface area contributed by atoms with Gasteiger partial charge in [-0.05, 0) is 37.6 Å². The maximum Gasteiger partial charge on any atom is 0.226 e. The first-order valence-corrected chi connectivity index (χ1v) is 7.39. The van der Waals surface area contributed by atoms with E-state index in [1.165, 1.54) is 0 Å². The molecular weight excluding hydrogens is 278 g/mol. The molecule has 1 aromatic rings. The van der Waals surface area contributed by atoms with Crippen LogP contribution >= 0.6 is 11.6 Å². The first-order valence-electron chi connectivity index (χ1n) is 6.86. The summed E-state index contributed by atoms with van der Waals surface area (Å²) in [4.78, 5) is 11.7. The topological polar surface area (TPSA) is 47.6 Å². The lowest BCUT2D eigenvalue weighted by molar-refractivity contribution is -0.117. The van der Waals surface area contributed by atoms with Crippen molar-refractivity contribution in [3.63, 3.8) is 0 Å². The number of benzene rings is 1. The van der Waals surface area contributed by atoms with Crippen LogP contribution in [0.25, 0.3) is 0 Å². The Labute approximate surface area is 125 Å². The molecule has 20 heavy (non-hydrogen) atoms. The van der Waals surface area contributed by atoms with Crippen LogP contribution < -0.4 is 10.1 Å². The lowest BCUT2D eigenvalue weighted by Crippen LogP contribution is -2.16. The van der Waals surface area contributed by atoms with Crippen LogP contribution in [0.15, 0.2) is 24.3 Å². The molecular formula is C15H22ClNO3. The van der Waals surface area contributed by atoms with Gasteiger partial charge < -0.3 is 14.8 Å². The second-order valence-electron chi connectivity index (χ2n) is 4.45. The van der Waals surface area contributed by atoms with Crippen molar-refractivity contribution in [1.82, 2.24) is 0 Å². The Morgan fingerprint density at radius 2 is 2.00 bits per heavy atom. The molecule has 0 fully saturated rings. The molecule has 1 atom stereocenters. The van der Waals surface area contributed by atoms with Gasteiger partial charge in [-0.3, -0.25) is 4.79 Å². The normalized spacial score (nSPS) is 11.9. The van der Waals surface area contributed by atoms with Crippen molar-refractivity contribution in [3.05, 3.63) is 24.3 Å². The molecule has 0 aromatic heterocycles. The van der Waals surface area contributed by atoms with Crippen molar-refractivity contribution in [3.8, 4) is 5.75 Å². The number of amides is 1. The van der Waals surface area contributed by atoms with E-state index < -0.39 is 0 Å². The van der Waals surface area contributed by atoms with E-state index in [1.54, 1.807) is 24.3 Å². The lowest BCUT2D eigenvalue weighted by atomic mass is 10.3. The highest BCUT2D eigenvalue weighted by molar-refractivity contribution is 6.18. The van der Waals surface area contributed by atoms with Gasteiger partial charge in [0.15, 0.2) is 0 Å². The van der Waals surface area contributed by atoms with Gasteiger partial charge in [-0.2, -0.15) is 0 Å². The van der Waals surface area contributed by atoms with Gasteiger partial charge in [0.05, 0.1) is 25.0 Å². The van der Waals surface area contributed by atoms with Crippen molar-refractivity contribution in [2.45, 2.75) is 32.8 Å². The summed E-state index contributed by atoms with van der Waals surface area (Å²) in [5.41, 5.74) is 0.747. The quantitative estimate of drug-likeness (QED) is 0.711. The second kappa shape index (κ2) is 9.61. The fourth-order valence-corrected chi connectivity index (χ4v) is 1.56. The largest absolute Gasteiger partial charge is 0.492 e. The van der Waals surface area contributed by atoms with Crippen LogP contribution in [0.1, 0.15) is 26.7 Å². The number of halogens is 1. The Kier molecular flexibility index (Phi) is 8.07. The SMILES string of the molecule is CCC(C)OCCC(=O)Nc1ccc(OCCCl)cc1. The molecule has 5 heteroatoms. The number of anilines is 1. The number of hydrogen-bond donors (Lipinski definition) is 1. The van der Waals surface area contributed by atoms with Crippen molar-refractivity contribution in [2.24, 2.45) is 0 Å². The van der Waals surface area contributed by atoms with Crippen LogP contribution in [0.4, 0.5) is 5.69 Å².